The van der Waals surface area contributed by atoms with Gasteiger partial charge in [0.15, 0.2) is 0 Å². The summed E-state index contributed by atoms with van der Waals surface area (Å²) in [5.41, 5.74) is 0. The number of quaternary nitrogens is 1. The van der Waals surface area contributed by atoms with Crippen molar-refractivity contribution in [2.24, 2.45) is 0 Å². The van der Waals surface area contributed by atoms with E-state index in [1.54, 1.807) is 0 Å². The van der Waals surface area contributed by atoms with Crippen LogP contribution in [0.1, 0.15) is 13.8 Å². The van der Waals surface area contributed by atoms with E-state index in [2.05, 4.69) is 0 Å². The zero-order chi connectivity index (χ0) is 7.15. The van der Waals surface area contributed by atoms with Crippen molar-refractivity contribution >= 4 is 11.9 Å². The zero-order valence-electron chi connectivity index (χ0n) is 6.63. The molecule has 0 heterocycles. The van der Waals surface area contributed by atoms with Crippen molar-refractivity contribution in [3.63, 3.8) is 0 Å². The van der Waals surface area contributed by atoms with Gasteiger partial charge in [0.1, 0.15) is 0 Å². The van der Waals surface area contributed by atoms with Gasteiger partial charge in [0, 0.05) is 11.9 Å². The Labute approximate surface area is 102 Å². The molecule has 56 valence electrons. The molecule has 0 aliphatic heterocycles. The second-order valence-corrected chi connectivity index (χ2v) is 0.983. The maximum absolute atomic E-state index is 8.89. The van der Waals surface area contributed by atoms with Crippen LogP contribution in [-0.2, 0) is 9.59 Å². The molecule has 0 unspecified atom stereocenters. The number of carbonyl (C=O) groups is 2. The first-order chi connectivity index (χ1) is 3.46. The molecule has 4 N–H and O–H groups in total. The molecule has 0 fully saturated rings. The maximum atomic E-state index is 8.89. The Balaban J connectivity index is -0.0000000300. The zero-order valence-corrected chi connectivity index (χ0v) is 9.76. The van der Waals surface area contributed by atoms with Gasteiger partial charge in [0.2, 0.25) is 0 Å². The SMILES string of the molecule is CC(=O)[O-].CC(=O)[O-].[K+].[NH4+]. The fourth-order valence-corrected chi connectivity index (χ4v) is 0. The molecule has 0 aliphatic rings. The summed E-state index contributed by atoms with van der Waals surface area (Å²) >= 11 is 0. The molecule has 0 rings (SSSR count). The van der Waals surface area contributed by atoms with Gasteiger partial charge in [-0.2, -0.15) is 0 Å². The minimum atomic E-state index is -1.08. The minimum absolute atomic E-state index is 0. The number of hydrogen-bond donors (Lipinski definition) is 1. The molecule has 0 amide bonds. The topological polar surface area (TPSA) is 117 Å². The molecule has 0 aliphatic carbocycles. The van der Waals surface area contributed by atoms with Gasteiger partial charge in [0.25, 0.3) is 0 Å². The summed E-state index contributed by atoms with van der Waals surface area (Å²) in [6.45, 7) is 1.94. The van der Waals surface area contributed by atoms with Crippen LogP contribution in [0.25, 0.3) is 0 Å². The summed E-state index contributed by atoms with van der Waals surface area (Å²) in [6.07, 6.45) is 0. The van der Waals surface area contributed by atoms with Crippen LogP contribution in [0.15, 0.2) is 0 Å². The molecule has 0 aromatic rings. The number of carboxylic acids is 2. The molecule has 0 spiro atoms. The van der Waals surface area contributed by atoms with Crippen molar-refractivity contribution in [3.05, 3.63) is 0 Å². The van der Waals surface area contributed by atoms with Crippen LogP contribution in [0.3, 0.4) is 0 Å². The van der Waals surface area contributed by atoms with Crippen LogP contribution in [0.2, 0.25) is 0 Å². The first-order valence-electron chi connectivity index (χ1n) is 1.82. The van der Waals surface area contributed by atoms with Crippen molar-refractivity contribution in [2.45, 2.75) is 13.8 Å². The molecule has 6 heteroatoms. The summed E-state index contributed by atoms with van der Waals surface area (Å²) in [5, 5.41) is 17.8. The predicted octanol–water partition coefficient (Wildman–Crippen LogP) is -5.11. The van der Waals surface area contributed by atoms with E-state index in [0.29, 0.717) is 0 Å². The van der Waals surface area contributed by atoms with E-state index >= 15 is 0 Å². The largest absolute Gasteiger partial charge is 1.00 e. The van der Waals surface area contributed by atoms with E-state index in [-0.39, 0.29) is 57.5 Å². The van der Waals surface area contributed by atoms with Gasteiger partial charge in [0.05, 0.1) is 0 Å². The molecule has 10 heavy (non-hydrogen) atoms. The molecule has 0 aromatic heterocycles. The molecule has 0 bridgehead atoms. The van der Waals surface area contributed by atoms with E-state index < -0.39 is 11.9 Å². The quantitative estimate of drug-likeness (QED) is 0.370. The summed E-state index contributed by atoms with van der Waals surface area (Å²) in [7, 11) is 0. The Morgan fingerprint density at radius 2 is 1.00 bits per heavy atom. The summed E-state index contributed by atoms with van der Waals surface area (Å²) in [6, 6.07) is 0. The van der Waals surface area contributed by atoms with Crippen molar-refractivity contribution in [2.75, 3.05) is 0 Å². The molecule has 0 saturated heterocycles. The third-order valence-corrected chi connectivity index (χ3v) is 0. The van der Waals surface area contributed by atoms with Crippen LogP contribution >= 0.6 is 0 Å². The predicted molar refractivity (Wildman–Crippen MR) is 27.3 cm³/mol. The van der Waals surface area contributed by atoms with Gasteiger partial charge in [-0.25, -0.2) is 0 Å². The smallest absolute Gasteiger partial charge is 0.550 e. The van der Waals surface area contributed by atoms with E-state index in [1.807, 2.05) is 0 Å². The molecule has 0 aromatic carbocycles. The van der Waals surface area contributed by atoms with Crippen LogP contribution in [0.4, 0.5) is 0 Å². The molecular formula is C4H10KNO4. The van der Waals surface area contributed by atoms with Crippen molar-refractivity contribution < 1.29 is 71.2 Å². The van der Waals surface area contributed by atoms with Crippen molar-refractivity contribution in [3.8, 4) is 0 Å². The van der Waals surface area contributed by atoms with Gasteiger partial charge >= 0.3 is 51.4 Å². The van der Waals surface area contributed by atoms with Gasteiger partial charge in [-0.3, -0.25) is 0 Å². The Morgan fingerprint density at radius 1 is 1.00 bits per heavy atom. The average Bonchev–Trinajstić information content (AvgIpc) is 1.25. The monoisotopic (exact) mass is 175 g/mol. The first kappa shape index (κ1) is 22.4. The van der Waals surface area contributed by atoms with Crippen LogP contribution in [-0.4, -0.2) is 11.9 Å². The van der Waals surface area contributed by atoms with Gasteiger partial charge < -0.3 is 26.0 Å². The minimum Gasteiger partial charge on any atom is -0.550 e. The second kappa shape index (κ2) is 16.3. The number of carboxylic acid groups (broad SMARTS) is 2. The fraction of sp³-hybridized carbons (Fsp3) is 0.500. The van der Waals surface area contributed by atoms with E-state index in [4.69, 9.17) is 19.8 Å². The van der Waals surface area contributed by atoms with Gasteiger partial charge in [-0.15, -0.1) is 0 Å². The van der Waals surface area contributed by atoms with Gasteiger partial charge in [-0.05, 0) is 13.8 Å². The molecule has 0 atom stereocenters. The first-order valence-corrected chi connectivity index (χ1v) is 1.82. The van der Waals surface area contributed by atoms with E-state index in [0.717, 1.165) is 13.8 Å². The maximum Gasteiger partial charge on any atom is 1.00 e. The Kier molecular flexibility index (Phi) is 36.5. The van der Waals surface area contributed by atoms with Crippen molar-refractivity contribution in [1.82, 2.24) is 6.15 Å². The molecule has 5 nitrogen and oxygen atoms in total. The molecule has 0 saturated carbocycles. The van der Waals surface area contributed by atoms with Crippen LogP contribution in [0, 0.1) is 0 Å². The molecule has 0 radical (unpaired) electrons. The summed E-state index contributed by atoms with van der Waals surface area (Å²) in [5.74, 6) is -2.17. The summed E-state index contributed by atoms with van der Waals surface area (Å²) < 4.78 is 0. The van der Waals surface area contributed by atoms with Crippen LogP contribution < -0.4 is 67.7 Å². The average molecular weight is 175 g/mol. The second-order valence-electron chi connectivity index (χ2n) is 0.983. The third kappa shape index (κ3) is 1690. The van der Waals surface area contributed by atoms with E-state index in [1.165, 1.54) is 0 Å². The number of hydrogen-bond acceptors (Lipinski definition) is 4. The Morgan fingerprint density at radius 3 is 1.00 bits per heavy atom. The number of carbonyl (C=O) groups excluding carboxylic acids is 2. The third-order valence-electron chi connectivity index (χ3n) is 0. The van der Waals surface area contributed by atoms with Gasteiger partial charge in [-0.1, -0.05) is 0 Å². The van der Waals surface area contributed by atoms with Crippen LogP contribution in [0.5, 0.6) is 0 Å². The standard InChI is InChI=1S/2C2H4O2.K.H3N/c2*1-2(3)4;;/h2*1H3,(H,3,4);;1H3/q;;+1;/p-1. The Bertz CT molecular complexity index is 75.3. The number of aliphatic carboxylic acids is 2. The Hall–Kier alpha value is 0.536. The van der Waals surface area contributed by atoms with E-state index in [9.17, 15) is 0 Å². The molecular weight excluding hydrogens is 165 g/mol. The normalized spacial score (nSPS) is 5.00. The fourth-order valence-electron chi connectivity index (χ4n) is 0. The summed E-state index contributed by atoms with van der Waals surface area (Å²) in [4.78, 5) is 17.8. The number of rotatable bonds is 0. The van der Waals surface area contributed by atoms with Crippen molar-refractivity contribution in [1.29, 1.82) is 0 Å².